The van der Waals surface area contributed by atoms with Crippen LogP contribution < -0.4 is 10.2 Å². The molecule has 0 aliphatic heterocycles. The molecule has 1 amide bonds. The Morgan fingerprint density at radius 1 is 1.07 bits per heavy atom. The maximum atomic E-state index is 12.3. The summed E-state index contributed by atoms with van der Waals surface area (Å²) in [5.41, 5.74) is 4.52. The third-order valence-corrected chi connectivity index (χ3v) is 5.74. The van der Waals surface area contributed by atoms with Gasteiger partial charge in [-0.25, -0.2) is 5.43 Å². The average molecular weight is 518 g/mol. The van der Waals surface area contributed by atoms with E-state index in [1.54, 1.807) is 0 Å². The quantitative estimate of drug-likeness (QED) is 0.275. The number of nitrogens with one attached hydrogen (secondary N) is 1. The summed E-state index contributed by atoms with van der Waals surface area (Å²) in [5.74, 6) is 0.325. The zero-order chi connectivity index (χ0) is 20.6. The van der Waals surface area contributed by atoms with E-state index in [-0.39, 0.29) is 12.5 Å². The second kappa shape index (κ2) is 10.6. The van der Waals surface area contributed by atoms with Crippen molar-refractivity contribution in [1.82, 2.24) is 5.43 Å². The molecule has 0 unspecified atom stereocenters. The number of rotatable bonds is 8. The minimum absolute atomic E-state index is 0.111. The number of carbonyl (C=O) groups is 1. The van der Waals surface area contributed by atoms with Gasteiger partial charge in [0, 0.05) is 4.47 Å². The number of nitrogens with zero attached hydrogens (tertiary/aromatic N) is 1. The van der Waals surface area contributed by atoms with Gasteiger partial charge in [-0.1, -0.05) is 71.7 Å². The fraction of sp³-hybridized carbons (Fsp3) is 0.217. The lowest BCUT2D eigenvalue weighted by Crippen LogP contribution is -2.26. The number of carbonyl (C=O) groups excluding carboxylic acids is 1. The second-order valence-corrected chi connectivity index (χ2v) is 8.30. The topological polar surface area (TPSA) is 50.7 Å². The van der Waals surface area contributed by atoms with Gasteiger partial charge in [0.25, 0.3) is 5.91 Å². The van der Waals surface area contributed by atoms with Crippen molar-refractivity contribution in [3.8, 4) is 5.75 Å². The third kappa shape index (κ3) is 5.90. The van der Waals surface area contributed by atoms with Crippen LogP contribution in [0.1, 0.15) is 31.7 Å². The number of benzene rings is 3. The van der Waals surface area contributed by atoms with Crippen LogP contribution in [0.3, 0.4) is 0 Å². The first kappa shape index (κ1) is 21.5. The average Bonchev–Trinajstić information content (AvgIpc) is 2.74. The molecule has 0 radical (unpaired) electrons. The summed E-state index contributed by atoms with van der Waals surface area (Å²) in [5, 5.41) is 6.45. The van der Waals surface area contributed by atoms with Crippen molar-refractivity contribution in [2.24, 2.45) is 5.10 Å². The summed E-state index contributed by atoms with van der Waals surface area (Å²) in [6, 6.07) is 19.7. The van der Waals surface area contributed by atoms with Crippen LogP contribution in [-0.4, -0.2) is 18.2 Å². The highest BCUT2D eigenvalue weighted by atomic mass is 79.9. The summed E-state index contributed by atoms with van der Waals surface area (Å²) >= 11 is 7.05. The predicted molar refractivity (Wildman–Crippen MR) is 125 cm³/mol. The summed E-state index contributed by atoms with van der Waals surface area (Å²) in [6.07, 6.45) is 2.89. The third-order valence-electron chi connectivity index (χ3n) is 4.43. The fourth-order valence-electron chi connectivity index (χ4n) is 2.90. The van der Waals surface area contributed by atoms with Crippen molar-refractivity contribution < 1.29 is 9.53 Å². The lowest BCUT2D eigenvalue weighted by atomic mass is 10.1. The zero-order valence-electron chi connectivity index (χ0n) is 16.1. The largest absolute Gasteiger partial charge is 0.483 e. The highest BCUT2D eigenvalue weighted by Gasteiger charge is 2.10. The molecule has 0 saturated heterocycles. The Labute approximate surface area is 187 Å². The van der Waals surface area contributed by atoms with Crippen molar-refractivity contribution in [3.05, 3.63) is 75.2 Å². The van der Waals surface area contributed by atoms with E-state index in [1.165, 1.54) is 0 Å². The Balaban J connectivity index is 1.65. The summed E-state index contributed by atoms with van der Waals surface area (Å²) in [6.45, 7) is 2.02. The van der Waals surface area contributed by atoms with E-state index in [2.05, 4.69) is 49.3 Å². The number of ether oxygens (including phenoxy) is 1. The highest BCUT2D eigenvalue weighted by molar-refractivity contribution is 9.11. The van der Waals surface area contributed by atoms with Crippen LogP contribution in [0.4, 0.5) is 0 Å². The molecule has 1 N–H and O–H groups in total. The monoisotopic (exact) mass is 516 g/mol. The number of amides is 1. The SMILES string of the molecule is CCCC/C(=N\NC(=O)COc1ccc2cc(Br)ccc2c1Br)c1ccccc1. The molecule has 0 bridgehead atoms. The molecule has 0 spiro atoms. The lowest BCUT2D eigenvalue weighted by Gasteiger charge is -2.11. The molecule has 0 aromatic heterocycles. The van der Waals surface area contributed by atoms with E-state index in [0.717, 1.165) is 50.3 Å². The summed E-state index contributed by atoms with van der Waals surface area (Å²) < 4.78 is 7.56. The predicted octanol–water partition coefficient (Wildman–Crippen LogP) is 6.45. The summed E-state index contributed by atoms with van der Waals surface area (Å²) in [4.78, 5) is 12.3. The number of fused-ring (bicyclic) bond motifs is 1. The first-order valence-electron chi connectivity index (χ1n) is 9.50. The molecule has 3 aromatic rings. The Hall–Kier alpha value is -2.18. The maximum Gasteiger partial charge on any atom is 0.277 e. The molecule has 29 heavy (non-hydrogen) atoms. The first-order valence-corrected chi connectivity index (χ1v) is 11.1. The van der Waals surface area contributed by atoms with Gasteiger partial charge in [-0.2, -0.15) is 5.10 Å². The molecule has 4 nitrogen and oxygen atoms in total. The number of hydrazone groups is 1. The van der Waals surface area contributed by atoms with Gasteiger partial charge in [-0.15, -0.1) is 0 Å². The zero-order valence-corrected chi connectivity index (χ0v) is 19.3. The standard InChI is InChI=1S/C23H22Br2N2O2/c1-2-3-9-20(16-7-5-4-6-8-16)26-27-22(28)15-29-21-13-10-17-14-18(24)11-12-19(17)23(21)25/h4-8,10-14H,2-3,9,15H2,1H3,(H,27,28)/b26-20+. The van der Waals surface area contributed by atoms with Crippen LogP contribution >= 0.6 is 31.9 Å². The van der Waals surface area contributed by atoms with Crippen LogP contribution in [0.25, 0.3) is 10.8 Å². The van der Waals surface area contributed by atoms with E-state index in [9.17, 15) is 4.79 Å². The Morgan fingerprint density at radius 3 is 2.62 bits per heavy atom. The molecule has 3 aromatic carbocycles. The van der Waals surface area contributed by atoms with Gasteiger partial charge < -0.3 is 4.74 Å². The number of unbranched alkanes of at least 4 members (excludes halogenated alkanes) is 1. The molecule has 0 heterocycles. The molecule has 150 valence electrons. The van der Waals surface area contributed by atoms with Crippen LogP contribution in [0.5, 0.6) is 5.75 Å². The van der Waals surface area contributed by atoms with Gasteiger partial charge in [0.1, 0.15) is 5.75 Å². The number of hydrogen-bond donors (Lipinski definition) is 1. The van der Waals surface area contributed by atoms with Crippen LogP contribution in [-0.2, 0) is 4.79 Å². The van der Waals surface area contributed by atoms with Gasteiger partial charge >= 0.3 is 0 Å². The van der Waals surface area contributed by atoms with Crippen LogP contribution in [0, 0.1) is 0 Å². The molecule has 0 saturated carbocycles. The van der Waals surface area contributed by atoms with Gasteiger partial charge in [0.15, 0.2) is 6.61 Å². The molecule has 0 aliphatic carbocycles. The highest BCUT2D eigenvalue weighted by Crippen LogP contribution is 2.34. The minimum atomic E-state index is -0.294. The Morgan fingerprint density at radius 2 is 1.86 bits per heavy atom. The molecule has 3 rings (SSSR count). The molecule has 0 fully saturated rings. The van der Waals surface area contributed by atoms with Crippen molar-refractivity contribution in [2.75, 3.05) is 6.61 Å². The van der Waals surface area contributed by atoms with Gasteiger partial charge in [0.2, 0.25) is 0 Å². The van der Waals surface area contributed by atoms with Crippen LogP contribution in [0.15, 0.2) is 74.7 Å². The van der Waals surface area contributed by atoms with Crippen molar-refractivity contribution in [1.29, 1.82) is 0 Å². The molecular weight excluding hydrogens is 496 g/mol. The van der Waals surface area contributed by atoms with Gasteiger partial charge in [0.05, 0.1) is 10.2 Å². The second-order valence-electron chi connectivity index (χ2n) is 6.59. The molecular formula is C23H22Br2N2O2. The molecule has 0 atom stereocenters. The Kier molecular flexibility index (Phi) is 7.83. The van der Waals surface area contributed by atoms with E-state index < -0.39 is 0 Å². The van der Waals surface area contributed by atoms with E-state index in [4.69, 9.17) is 4.74 Å². The lowest BCUT2D eigenvalue weighted by molar-refractivity contribution is -0.123. The minimum Gasteiger partial charge on any atom is -0.483 e. The van der Waals surface area contributed by atoms with Gasteiger partial charge in [-0.3, -0.25) is 4.79 Å². The first-order chi connectivity index (χ1) is 14.1. The normalized spacial score (nSPS) is 11.5. The van der Waals surface area contributed by atoms with Gasteiger partial charge in [-0.05, 0) is 63.3 Å². The molecule has 0 aliphatic rings. The number of hydrogen-bond acceptors (Lipinski definition) is 3. The maximum absolute atomic E-state index is 12.3. The smallest absolute Gasteiger partial charge is 0.277 e. The van der Waals surface area contributed by atoms with Crippen LogP contribution in [0.2, 0.25) is 0 Å². The van der Waals surface area contributed by atoms with Crippen molar-refractivity contribution >= 4 is 54.3 Å². The molecule has 6 heteroatoms. The number of halogens is 2. The van der Waals surface area contributed by atoms with Crippen molar-refractivity contribution in [2.45, 2.75) is 26.2 Å². The van der Waals surface area contributed by atoms with E-state index in [0.29, 0.717) is 5.75 Å². The fourth-order valence-corrected chi connectivity index (χ4v) is 3.89. The van der Waals surface area contributed by atoms with E-state index in [1.807, 2.05) is 60.7 Å². The Bertz CT molecular complexity index is 1020. The van der Waals surface area contributed by atoms with E-state index >= 15 is 0 Å². The summed E-state index contributed by atoms with van der Waals surface area (Å²) in [7, 11) is 0. The van der Waals surface area contributed by atoms with Crippen molar-refractivity contribution in [3.63, 3.8) is 0 Å².